The SMILES string of the molecule is CC=C(CC)CC.FC(F)F.ON=Cc1nnc2n1Cc1ccccc1N(Cl)/C2=C(\NC/C=C/CC(F)(F)F)C1=CC=CCC=C1. The Hall–Kier alpha value is -4.26. The van der Waals surface area contributed by atoms with Crippen LogP contribution in [0.15, 0.2) is 94.9 Å². The summed E-state index contributed by atoms with van der Waals surface area (Å²) in [5, 5.41) is 23.9. The number of halogens is 7. The number of alkyl halides is 6. The van der Waals surface area contributed by atoms with E-state index in [0.717, 1.165) is 23.6 Å². The van der Waals surface area contributed by atoms with E-state index in [1.807, 2.05) is 54.6 Å². The van der Waals surface area contributed by atoms with Gasteiger partial charge < -0.3 is 15.1 Å². The lowest BCUT2D eigenvalue weighted by atomic mass is 10.1. The molecule has 14 heteroatoms. The van der Waals surface area contributed by atoms with Crippen LogP contribution in [0.2, 0.25) is 0 Å². The average Bonchev–Trinajstić information content (AvgIpc) is 3.16. The molecule has 46 heavy (non-hydrogen) atoms. The third-order valence-electron chi connectivity index (χ3n) is 6.63. The first kappa shape index (κ1) is 37.9. The number of hydrogen-bond acceptors (Lipinski definition) is 6. The van der Waals surface area contributed by atoms with Gasteiger partial charge in [0.25, 0.3) is 0 Å². The Morgan fingerprint density at radius 3 is 2.41 bits per heavy atom. The molecule has 2 heterocycles. The van der Waals surface area contributed by atoms with E-state index in [2.05, 4.69) is 47.5 Å². The molecule has 2 aliphatic rings. The Kier molecular flexibility index (Phi) is 15.9. The molecule has 1 aliphatic heterocycles. The van der Waals surface area contributed by atoms with E-state index in [9.17, 15) is 26.3 Å². The fourth-order valence-corrected chi connectivity index (χ4v) is 4.73. The normalized spacial score (nSPS) is 15.2. The molecule has 0 bridgehead atoms. The van der Waals surface area contributed by atoms with Gasteiger partial charge in [-0.25, -0.2) is 4.42 Å². The van der Waals surface area contributed by atoms with E-state index >= 15 is 0 Å². The van der Waals surface area contributed by atoms with Gasteiger partial charge in [-0.2, -0.15) is 26.3 Å². The fraction of sp³-hybridized carbons (Fsp3) is 0.344. The summed E-state index contributed by atoms with van der Waals surface area (Å²) in [6, 6.07) is 7.51. The van der Waals surface area contributed by atoms with Gasteiger partial charge in [0, 0.05) is 18.3 Å². The number of hydrogen-bond donors (Lipinski definition) is 2. The van der Waals surface area contributed by atoms with E-state index in [0.29, 0.717) is 35.3 Å². The predicted octanol–water partition coefficient (Wildman–Crippen LogP) is 9.25. The van der Waals surface area contributed by atoms with E-state index in [1.165, 1.54) is 29.6 Å². The molecule has 250 valence electrons. The van der Waals surface area contributed by atoms with E-state index in [1.54, 1.807) is 10.1 Å². The maximum atomic E-state index is 12.6. The van der Waals surface area contributed by atoms with Crippen molar-refractivity contribution in [1.82, 2.24) is 20.1 Å². The van der Waals surface area contributed by atoms with Crippen molar-refractivity contribution in [1.29, 1.82) is 0 Å². The van der Waals surface area contributed by atoms with Crippen LogP contribution in [0.3, 0.4) is 0 Å². The topological polar surface area (TPSA) is 78.6 Å². The molecule has 0 unspecified atom stereocenters. The van der Waals surface area contributed by atoms with Crippen molar-refractivity contribution < 1.29 is 31.5 Å². The molecule has 0 spiro atoms. The number of anilines is 1. The Balaban J connectivity index is 0.000000577. The summed E-state index contributed by atoms with van der Waals surface area (Å²) in [5.41, 5.74) is 4.91. The molecule has 0 fully saturated rings. The van der Waals surface area contributed by atoms with Crippen molar-refractivity contribution in [3.8, 4) is 0 Å². The van der Waals surface area contributed by atoms with Crippen molar-refractivity contribution >= 4 is 29.4 Å². The third kappa shape index (κ3) is 11.9. The summed E-state index contributed by atoms with van der Waals surface area (Å²) < 4.78 is 69.9. The maximum Gasteiger partial charge on any atom is 0.392 e. The summed E-state index contributed by atoms with van der Waals surface area (Å²) in [7, 11) is 0. The lowest BCUT2D eigenvalue weighted by Gasteiger charge is -2.23. The maximum absolute atomic E-state index is 12.6. The van der Waals surface area contributed by atoms with Crippen molar-refractivity contribution in [2.45, 2.75) is 65.9 Å². The van der Waals surface area contributed by atoms with Gasteiger partial charge in [0.05, 0.1) is 24.4 Å². The lowest BCUT2D eigenvalue weighted by Crippen LogP contribution is -2.23. The molecule has 1 aliphatic carbocycles. The molecule has 2 N–H and O–H groups in total. The fourth-order valence-electron chi connectivity index (χ4n) is 4.41. The Morgan fingerprint density at radius 2 is 1.80 bits per heavy atom. The minimum Gasteiger partial charge on any atom is -0.411 e. The summed E-state index contributed by atoms with van der Waals surface area (Å²) in [5.74, 6) is 0.715. The molecule has 1 aromatic heterocycles. The Labute approximate surface area is 269 Å². The highest BCUT2D eigenvalue weighted by Gasteiger charge is 2.30. The van der Waals surface area contributed by atoms with Gasteiger partial charge >= 0.3 is 12.9 Å². The molecule has 0 radical (unpaired) electrons. The molecular weight excluding hydrogens is 634 g/mol. The summed E-state index contributed by atoms with van der Waals surface area (Å²) in [6.07, 6.45) is 13.4. The number of nitrogens with one attached hydrogen (secondary N) is 1. The first-order chi connectivity index (χ1) is 22.0. The van der Waals surface area contributed by atoms with Gasteiger partial charge in [-0.3, -0.25) is 0 Å². The molecule has 0 amide bonds. The van der Waals surface area contributed by atoms with E-state index in [-0.39, 0.29) is 6.54 Å². The van der Waals surface area contributed by atoms with Gasteiger partial charge in [-0.05, 0) is 43.4 Å². The standard InChI is InChI=1S/C24H22ClF3N6O.C7H14.CHF3/c25-34-19-12-6-5-11-18(19)16-33-20(15-30-35)31-32-23(33)22(34)21(17-9-3-1-2-4-10-17)29-14-8-7-13-24(26,27)28;1-4-7(5-2)6-3;2-1(3)4/h1,3-12,15,29,35H,2,13-14,16H2;4H,5-6H2,1-3H3;1H/b8-7+,22-21-,30-15?;;. The zero-order valence-electron chi connectivity index (χ0n) is 25.7. The second-order valence-electron chi connectivity index (χ2n) is 9.61. The zero-order chi connectivity index (χ0) is 34.1. The largest absolute Gasteiger partial charge is 0.411 e. The van der Waals surface area contributed by atoms with Crippen LogP contribution in [0, 0.1) is 0 Å². The van der Waals surface area contributed by atoms with Gasteiger partial charge in [-0.15, -0.1) is 10.2 Å². The first-order valence-electron chi connectivity index (χ1n) is 14.4. The summed E-state index contributed by atoms with van der Waals surface area (Å²) in [4.78, 5) is 0. The van der Waals surface area contributed by atoms with Crippen LogP contribution < -0.4 is 9.74 Å². The van der Waals surface area contributed by atoms with Gasteiger partial charge in [0.15, 0.2) is 11.6 Å². The number of benzene rings is 1. The van der Waals surface area contributed by atoms with Crippen molar-refractivity contribution in [2.24, 2.45) is 5.16 Å². The van der Waals surface area contributed by atoms with Gasteiger partial charge in [0.1, 0.15) is 11.9 Å². The van der Waals surface area contributed by atoms with E-state index < -0.39 is 19.3 Å². The monoisotopic (exact) mass is 670 g/mol. The lowest BCUT2D eigenvalue weighted by molar-refractivity contribution is -0.125. The Morgan fingerprint density at radius 1 is 1.11 bits per heavy atom. The summed E-state index contributed by atoms with van der Waals surface area (Å²) in [6.45, 7) is 3.30. The number of nitrogens with zero attached hydrogens (tertiary/aromatic N) is 5. The molecule has 0 saturated carbocycles. The van der Waals surface area contributed by atoms with Gasteiger partial charge in [0.2, 0.25) is 0 Å². The molecular formula is C32H37ClF6N6O. The van der Waals surface area contributed by atoms with Crippen LogP contribution in [0.1, 0.15) is 63.7 Å². The highest BCUT2D eigenvalue weighted by molar-refractivity contribution is 6.32. The Bertz CT molecular complexity index is 1460. The first-order valence-corrected chi connectivity index (χ1v) is 14.8. The van der Waals surface area contributed by atoms with Crippen LogP contribution in [0.4, 0.5) is 32.0 Å². The third-order valence-corrected chi connectivity index (χ3v) is 6.98. The predicted molar refractivity (Wildman–Crippen MR) is 170 cm³/mol. The second kappa shape index (κ2) is 19.3. The second-order valence-corrected chi connectivity index (χ2v) is 9.95. The molecule has 0 saturated heterocycles. The average molecular weight is 671 g/mol. The minimum atomic E-state index is -4.27. The highest BCUT2D eigenvalue weighted by atomic mass is 35.5. The molecule has 4 rings (SSSR count). The number of aromatic nitrogens is 3. The van der Waals surface area contributed by atoms with E-state index in [4.69, 9.17) is 17.0 Å². The number of fused-ring (bicyclic) bond motifs is 2. The quantitative estimate of drug-likeness (QED) is 0.0731. The number of oxime groups is 1. The molecule has 0 atom stereocenters. The minimum absolute atomic E-state index is 0.120. The van der Waals surface area contributed by atoms with Crippen LogP contribution in [0.5, 0.6) is 0 Å². The van der Waals surface area contributed by atoms with Crippen molar-refractivity contribution in [2.75, 3.05) is 11.0 Å². The van der Waals surface area contributed by atoms with Crippen LogP contribution in [-0.4, -0.2) is 45.6 Å². The van der Waals surface area contributed by atoms with Crippen LogP contribution >= 0.6 is 11.8 Å². The smallest absolute Gasteiger partial charge is 0.392 e. The van der Waals surface area contributed by atoms with Crippen molar-refractivity contribution in [3.63, 3.8) is 0 Å². The molecule has 1 aromatic carbocycles. The van der Waals surface area contributed by atoms with Crippen LogP contribution in [0.25, 0.3) is 5.70 Å². The number of allylic oxidation sites excluding steroid dienone is 8. The highest BCUT2D eigenvalue weighted by Crippen LogP contribution is 2.38. The van der Waals surface area contributed by atoms with Gasteiger partial charge in [-0.1, -0.05) is 91.4 Å². The number of rotatable bonds is 8. The number of para-hydroxylation sites is 1. The zero-order valence-corrected chi connectivity index (χ0v) is 26.4. The molecule has 7 nitrogen and oxygen atoms in total. The molecule has 2 aromatic rings. The van der Waals surface area contributed by atoms with Crippen LogP contribution in [-0.2, 0) is 6.54 Å². The summed E-state index contributed by atoms with van der Waals surface area (Å²) >= 11 is 6.92. The van der Waals surface area contributed by atoms with Crippen molar-refractivity contribution in [3.05, 3.63) is 107 Å².